The zero-order chi connectivity index (χ0) is 18.9. The van der Waals surface area contributed by atoms with Crippen LogP contribution in [0.2, 0.25) is 0 Å². The Morgan fingerprint density at radius 3 is 1.93 bits per heavy atom. The quantitative estimate of drug-likeness (QED) is 0.349. The van der Waals surface area contributed by atoms with Crippen LogP contribution in [0.4, 0.5) is 17.1 Å². The lowest BCUT2D eigenvalue weighted by molar-refractivity contribution is 1.16. The Balaban J connectivity index is 1.79. The van der Waals surface area contributed by atoms with E-state index in [0.29, 0.717) is 5.69 Å². The van der Waals surface area contributed by atoms with Crippen molar-refractivity contribution in [2.75, 3.05) is 4.90 Å². The summed E-state index contributed by atoms with van der Waals surface area (Å²) in [5, 5.41) is 9.57. The van der Waals surface area contributed by atoms with E-state index in [1.54, 1.807) is 18.0 Å². The minimum atomic E-state index is 0.433. The molecule has 1 aliphatic heterocycles. The van der Waals surface area contributed by atoms with Crippen LogP contribution in [-0.4, -0.2) is 4.98 Å². The van der Waals surface area contributed by atoms with E-state index in [0.717, 1.165) is 28.2 Å². The van der Waals surface area contributed by atoms with Gasteiger partial charge in [0, 0.05) is 27.1 Å². The monoisotopic (exact) mass is 377 g/mol. The van der Waals surface area contributed by atoms with E-state index in [4.69, 9.17) is 0 Å². The maximum Gasteiger partial charge on any atom is 0.148 e. The average molecular weight is 377 g/mol. The van der Waals surface area contributed by atoms with Gasteiger partial charge in [-0.1, -0.05) is 54.2 Å². The maximum atomic E-state index is 9.57. The second-order valence-electron chi connectivity index (χ2n) is 6.40. The van der Waals surface area contributed by atoms with Gasteiger partial charge >= 0.3 is 0 Å². The van der Waals surface area contributed by atoms with Crippen LogP contribution >= 0.6 is 11.8 Å². The number of rotatable bonds is 2. The largest absolute Gasteiger partial charge is 0.308 e. The van der Waals surface area contributed by atoms with Gasteiger partial charge in [0.05, 0.1) is 17.1 Å². The third kappa shape index (κ3) is 2.65. The van der Waals surface area contributed by atoms with Crippen LogP contribution in [-0.2, 0) is 0 Å². The molecule has 4 heteroatoms. The summed E-state index contributed by atoms with van der Waals surface area (Å²) in [6, 6.07) is 31.1. The molecule has 1 aromatic heterocycles. The summed E-state index contributed by atoms with van der Waals surface area (Å²) in [5.74, 6) is 0. The molecule has 0 unspecified atom stereocenters. The molecule has 0 N–H and O–H groups in total. The number of hydrogen-bond acceptors (Lipinski definition) is 4. The third-order valence-electron chi connectivity index (χ3n) is 4.78. The number of fused-ring (bicyclic) bond motifs is 2. The molecular formula is C24H15N3S. The number of benzene rings is 3. The van der Waals surface area contributed by atoms with Crippen molar-refractivity contribution in [2.24, 2.45) is 0 Å². The van der Waals surface area contributed by atoms with Crippen molar-refractivity contribution in [3.8, 4) is 17.2 Å². The number of pyridine rings is 1. The second-order valence-corrected chi connectivity index (χ2v) is 7.49. The minimum absolute atomic E-state index is 0.433. The van der Waals surface area contributed by atoms with Crippen LogP contribution in [0.1, 0.15) is 5.69 Å². The number of nitriles is 1. The highest BCUT2D eigenvalue weighted by Gasteiger charge is 2.26. The molecule has 5 rings (SSSR count). The summed E-state index contributed by atoms with van der Waals surface area (Å²) in [7, 11) is 0. The summed E-state index contributed by atoms with van der Waals surface area (Å²) in [6.45, 7) is 0. The standard InChI is InChI=1S/C24H15N3S/c25-16-19-17(9-7-15-26-19)18-8-1-2-10-20(18)27-21-11-3-5-13-23(21)28-24-14-6-4-12-22(24)27/h1-15H. The number of anilines is 3. The first-order valence-electron chi connectivity index (χ1n) is 8.97. The first-order chi connectivity index (χ1) is 13.9. The number of para-hydroxylation sites is 3. The van der Waals surface area contributed by atoms with E-state index in [1.165, 1.54) is 9.79 Å². The molecule has 28 heavy (non-hydrogen) atoms. The van der Waals surface area contributed by atoms with Crippen molar-refractivity contribution < 1.29 is 0 Å². The van der Waals surface area contributed by atoms with E-state index < -0.39 is 0 Å². The van der Waals surface area contributed by atoms with Crippen LogP contribution in [0.3, 0.4) is 0 Å². The lowest BCUT2D eigenvalue weighted by atomic mass is 10.0. The Labute approximate surface area is 167 Å². The Kier molecular flexibility index (Phi) is 4.08. The smallest absolute Gasteiger partial charge is 0.148 e. The van der Waals surface area contributed by atoms with Gasteiger partial charge < -0.3 is 4.90 Å². The maximum absolute atomic E-state index is 9.57. The molecule has 3 aromatic carbocycles. The molecular weight excluding hydrogens is 362 g/mol. The van der Waals surface area contributed by atoms with Crippen LogP contribution in [0.5, 0.6) is 0 Å². The van der Waals surface area contributed by atoms with E-state index in [2.05, 4.69) is 76.6 Å². The topological polar surface area (TPSA) is 39.9 Å². The fraction of sp³-hybridized carbons (Fsp3) is 0. The molecule has 3 nitrogen and oxygen atoms in total. The summed E-state index contributed by atoms with van der Waals surface area (Å²) in [4.78, 5) is 8.97. The van der Waals surface area contributed by atoms with Crippen molar-refractivity contribution >= 4 is 28.8 Å². The predicted octanol–water partition coefficient (Wildman–Crippen LogP) is 6.55. The first-order valence-corrected chi connectivity index (χ1v) is 9.79. The van der Waals surface area contributed by atoms with Gasteiger partial charge in [-0.05, 0) is 42.5 Å². The number of aromatic nitrogens is 1. The molecule has 0 fully saturated rings. The molecule has 0 radical (unpaired) electrons. The molecule has 0 aliphatic carbocycles. The molecule has 0 saturated carbocycles. The minimum Gasteiger partial charge on any atom is -0.308 e. The van der Waals surface area contributed by atoms with Crippen molar-refractivity contribution in [2.45, 2.75) is 9.79 Å². The van der Waals surface area contributed by atoms with E-state index >= 15 is 0 Å². The average Bonchev–Trinajstić information content (AvgIpc) is 2.77. The highest BCUT2D eigenvalue weighted by atomic mass is 32.2. The van der Waals surface area contributed by atoms with E-state index in [-0.39, 0.29) is 0 Å². The highest BCUT2D eigenvalue weighted by molar-refractivity contribution is 7.99. The molecule has 0 amide bonds. The molecule has 0 atom stereocenters. The Bertz CT molecular complexity index is 1180. The second kappa shape index (κ2) is 6.88. The SMILES string of the molecule is N#Cc1ncccc1-c1ccccc1N1c2ccccc2Sc2ccccc21. The molecule has 0 saturated heterocycles. The normalized spacial score (nSPS) is 12.0. The van der Waals surface area contributed by atoms with Crippen molar-refractivity contribution in [1.82, 2.24) is 4.98 Å². The van der Waals surface area contributed by atoms with E-state index in [1.807, 2.05) is 24.3 Å². The van der Waals surface area contributed by atoms with Gasteiger partial charge in [-0.3, -0.25) is 0 Å². The molecule has 132 valence electrons. The van der Waals surface area contributed by atoms with Crippen LogP contribution in [0.15, 0.2) is 101 Å². The summed E-state index contributed by atoms with van der Waals surface area (Å²) in [5.41, 5.74) is 5.58. The van der Waals surface area contributed by atoms with Gasteiger partial charge in [0.2, 0.25) is 0 Å². The lowest BCUT2D eigenvalue weighted by Gasteiger charge is -2.34. The zero-order valence-corrected chi connectivity index (χ0v) is 15.7. The lowest BCUT2D eigenvalue weighted by Crippen LogP contribution is -2.15. The number of hydrogen-bond donors (Lipinski definition) is 0. The summed E-state index contributed by atoms with van der Waals surface area (Å²) in [6.07, 6.45) is 1.66. The van der Waals surface area contributed by atoms with Crippen molar-refractivity contribution in [3.05, 3.63) is 96.8 Å². The molecule has 0 bridgehead atoms. The van der Waals surface area contributed by atoms with Gasteiger partial charge in [-0.2, -0.15) is 5.26 Å². The summed E-state index contributed by atoms with van der Waals surface area (Å²) < 4.78 is 0. The molecule has 0 spiro atoms. The number of nitrogens with zero attached hydrogens (tertiary/aromatic N) is 3. The third-order valence-corrected chi connectivity index (χ3v) is 5.91. The Morgan fingerprint density at radius 2 is 1.25 bits per heavy atom. The highest BCUT2D eigenvalue weighted by Crippen LogP contribution is 2.52. The van der Waals surface area contributed by atoms with Crippen LogP contribution < -0.4 is 4.90 Å². The summed E-state index contributed by atoms with van der Waals surface area (Å²) >= 11 is 1.78. The van der Waals surface area contributed by atoms with Crippen LogP contribution in [0, 0.1) is 11.3 Å². The van der Waals surface area contributed by atoms with Crippen molar-refractivity contribution in [1.29, 1.82) is 5.26 Å². The van der Waals surface area contributed by atoms with Gasteiger partial charge in [0.15, 0.2) is 0 Å². The van der Waals surface area contributed by atoms with Gasteiger partial charge in [0.1, 0.15) is 11.8 Å². The molecule has 2 heterocycles. The fourth-order valence-corrected chi connectivity index (χ4v) is 4.63. The fourth-order valence-electron chi connectivity index (χ4n) is 3.57. The predicted molar refractivity (Wildman–Crippen MR) is 113 cm³/mol. The van der Waals surface area contributed by atoms with E-state index in [9.17, 15) is 5.26 Å². The van der Waals surface area contributed by atoms with Gasteiger partial charge in [0.25, 0.3) is 0 Å². The Hall–Kier alpha value is -3.55. The van der Waals surface area contributed by atoms with Gasteiger partial charge in [-0.25, -0.2) is 4.98 Å². The Morgan fingerprint density at radius 1 is 0.679 bits per heavy atom. The van der Waals surface area contributed by atoms with Crippen molar-refractivity contribution in [3.63, 3.8) is 0 Å². The molecule has 4 aromatic rings. The van der Waals surface area contributed by atoms with Gasteiger partial charge in [-0.15, -0.1) is 0 Å². The molecule has 1 aliphatic rings. The van der Waals surface area contributed by atoms with Crippen LogP contribution in [0.25, 0.3) is 11.1 Å². The first kappa shape index (κ1) is 16.6. The zero-order valence-electron chi connectivity index (χ0n) is 14.9.